The molecule has 1 aromatic heterocycles. The van der Waals surface area contributed by atoms with Gasteiger partial charge in [0.25, 0.3) is 0 Å². The molecule has 6 heteroatoms. The van der Waals surface area contributed by atoms with Gasteiger partial charge in [0, 0.05) is 23.9 Å². The average molecular weight is 297 g/mol. The van der Waals surface area contributed by atoms with Gasteiger partial charge in [-0.3, -0.25) is 4.79 Å². The van der Waals surface area contributed by atoms with E-state index in [1.165, 1.54) is 0 Å². The number of carbonyl (C=O) groups excluding carboxylic acids is 1. The molecule has 1 aliphatic heterocycles. The van der Waals surface area contributed by atoms with Crippen LogP contribution in [-0.2, 0) is 10.5 Å². The van der Waals surface area contributed by atoms with Crippen molar-refractivity contribution < 1.29 is 9.32 Å². The highest BCUT2D eigenvalue weighted by molar-refractivity contribution is 7.99. The normalized spacial score (nSPS) is 22.5. The van der Waals surface area contributed by atoms with E-state index in [0.717, 1.165) is 35.7 Å². The van der Waals surface area contributed by atoms with Gasteiger partial charge in [0.05, 0.1) is 11.4 Å². The summed E-state index contributed by atoms with van der Waals surface area (Å²) in [7, 11) is 0. The summed E-state index contributed by atoms with van der Waals surface area (Å²) >= 11 is 1.62. The van der Waals surface area contributed by atoms with Gasteiger partial charge in [-0.2, -0.15) is 0 Å². The first-order chi connectivity index (χ1) is 9.52. The maximum absolute atomic E-state index is 12.2. The fourth-order valence-electron chi connectivity index (χ4n) is 2.69. The van der Waals surface area contributed by atoms with E-state index in [1.807, 2.05) is 18.7 Å². The molecule has 2 rings (SSSR count). The van der Waals surface area contributed by atoms with Gasteiger partial charge in [-0.1, -0.05) is 5.16 Å². The zero-order chi connectivity index (χ0) is 14.7. The van der Waals surface area contributed by atoms with Gasteiger partial charge in [-0.25, -0.2) is 0 Å². The van der Waals surface area contributed by atoms with Gasteiger partial charge in [0.15, 0.2) is 0 Å². The lowest BCUT2D eigenvalue weighted by molar-refractivity contribution is -0.128. The number of aromatic nitrogens is 1. The number of likely N-dealkylation sites (tertiary alicyclic amines) is 1. The summed E-state index contributed by atoms with van der Waals surface area (Å²) in [4.78, 5) is 14.2. The highest BCUT2D eigenvalue weighted by Crippen LogP contribution is 2.24. The van der Waals surface area contributed by atoms with Gasteiger partial charge in [0.2, 0.25) is 5.91 Å². The van der Waals surface area contributed by atoms with Crippen molar-refractivity contribution in [2.24, 2.45) is 11.7 Å². The number of amides is 1. The van der Waals surface area contributed by atoms with Crippen molar-refractivity contribution in [1.29, 1.82) is 0 Å². The third-order valence-electron chi connectivity index (χ3n) is 3.97. The van der Waals surface area contributed by atoms with Crippen molar-refractivity contribution in [3.8, 4) is 0 Å². The maximum Gasteiger partial charge on any atom is 0.232 e. The number of aryl methyl sites for hydroxylation is 2. The number of hydrogen-bond acceptors (Lipinski definition) is 5. The van der Waals surface area contributed by atoms with E-state index in [2.05, 4.69) is 12.1 Å². The van der Waals surface area contributed by atoms with Crippen molar-refractivity contribution in [3.05, 3.63) is 17.0 Å². The molecule has 2 unspecified atom stereocenters. The smallest absolute Gasteiger partial charge is 0.232 e. The van der Waals surface area contributed by atoms with E-state index in [9.17, 15) is 4.79 Å². The molecule has 2 N–H and O–H groups in total. The number of nitrogens with zero attached hydrogens (tertiary/aromatic N) is 2. The molecule has 1 aliphatic rings. The number of rotatable bonds is 5. The van der Waals surface area contributed by atoms with Crippen LogP contribution in [0.15, 0.2) is 4.52 Å². The highest BCUT2D eigenvalue weighted by Gasteiger charge is 2.31. The van der Waals surface area contributed by atoms with Crippen molar-refractivity contribution in [3.63, 3.8) is 0 Å². The molecule has 0 bridgehead atoms. The molecule has 0 saturated carbocycles. The third-order valence-corrected chi connectivity index (χ3v) is 4.91. The van der Waals surface area contributed by atoms with Crippen LogP contribution < -0.4 is 5.73 Å². The monoisotopic (exact) mass is 297 g/mol. The number of hydrogen-bond donors (Lipinski definition) is 1. The van der Waals surface area contributed by atoms with Crippen molar-refractivity contribution in [2.75, 3.05) is 18.8 Å². The Morgan fingerprint density at radius 1 is 1.55 bits per heavy atom. The van der Waals surface area contributed by atoms with E-state index in [-0.39, 0.29) is 5.91 Å². The summed E-state index contributed by atoms with van der Waals surface area (Å²) in [6.07, 6.45) is 1.02. The van der Waals surface area contributed by atoms with Gasteiger partial charge >= 0.3 is 0 Å². The molecule has 2 heterocycles. The zero-order valence-corrected chi connectivity index (χ0v) is 13.2. The van der Waals surface area contributed by atoms with E-state index in [0.29, 0.717) is 24.3 Å². The summed E-state index contributed by atoms with van der Waals surface area (Å²) in [6.45, 7) is 7.42. The first-order valence-corrected chi connectivity index (χ1v) is 8.17. The Labute approximate surface area is 124 Å². The average Bonchev–Trinajstić information content (AvgIpc) is 2.95. The lowest BCUT2D eigenvalue weighted by Crippen LogP contribution is -2.35. The minimum absolute atomic E-state index is 0.213. The molecule has 1 aromatic rings. The minimum Gasteiger partial charge on any atom is -0.361 e. The molecule has 5 nitrogen and oxygen atoms in total. The SMILES string of the molecule is Cc1noc(C)c1CSCC(=O)N1CC(CN)CC1C. The van der Waals surface area contributed by atoms with Crippen molar-refractivity contribution in [2.45, 2.75) is 39.0 Å². The molecule has 0 spiro atoms. The topological polar surface area (TPSA) is 72.4 Å². The molecule has 1 saturated heterocycles. The Hall–Kier alpha value is -1.01. The Kier molecular flexibility index (Phi) is 5.10. The Bertz CT molecular complexity index is 455. The van der Waals surface area contributed by atoms with E-state index in [1.54, 1.807) is 11.8 Å². The largest absolute Gasteiger partial charge is 0.361 e. The number of carbonyl (C=O) groups is 1. The molecule has 1 fully saturated rings. The summed E-state index contributed by atoms with van der Waals surface area (Å²) in [5.74, 6) is 2.80. The molecule has 20 heavy (non-hydrogen) atoms. The van der Waals surface area contributed by atoms with E-state index >= 15 is 0 Å². The van der Waals surface area contributed by atoms with Crippen molar-refractivity contribution in [1.82, 2.24) is 10.1 Å². The van der Waals surface area contributed by atoms with E-state index in [4.69, 9.17) is 10.3 Å². The molecule has 0 aromatic carbocycles. The van der Waals surface area contributed by atoms with Crippen LogP contribution in [0.5, 0.6) is 0 Å². The molecule has 2 atom stereocenters. The Morgan fingerprint density at radius 3 is 2.85 bits per heavy atom. The molecular weight excluding hydrogens is 274 g/mol. The van der Waals surface area contributed by atoms with Crippen LogP contribution in [0.3, 0.4) is 0 Å². The van der Waals surface area contributed by atoms with Crippen LogP contribution >= 0.6 is 11.8 Å². The second kappa shape index (κ2) is 6.63. The zero-order valence-electron chi connectivity index (χ0n) is 12.4. The van der Waals surface area contributed by atoms with Crippen LogP contribution in [0.1, 0.15) is 30.4 Å². The number of nitrogens with two attached hydrogens (primary N) is 1. The summed E-state index contributed by atoms with van der Waals surface area (Å²) in [6, 6.07) is 0.315. The standard InChI is InChI=1S/C14H23N3O2S/c1-9-4-12(5-15)6-17(9)14(18)8-20-7-13-10(2)16-19-11(13)3/h9,12H,4-8,15H2,1-3H3. The van der Waals surface area contributed by atoms with Crippen LogP contribution in [0, 0.1) is 19.8 Å². The van der Waals surface area contributed by atoms with Gasteiger partial charge in [-0.05, 0) is 39.7 Å². The highest BCUT2D eigenvalue weighted by atomic mass is 32.2. The minimum atomic E-state index is 0.213. The van der Waals surface area contributed by atoms with Crippen LogP contribution in [-0.4, -0.2) is 40.8 Å². The molecule has 1 amide bonds. The van der Waals surface area contributed by atoms with Crippen LogP contribution in [0.4, 0.5) is 0 Å². The van der Waals surface area contributed by atoms with Crippen LogP contribution in [0.25, 0.3) is 0 Å². The molecular formula is C14H23N3O2S. The quantitative estimate of drug-likeness (QED) is 0.896. The predicted molar refractivity (Wildman–Crippen MR) is 80.5 cm³/mol. The fraction of sp³-hybridized carbons (Fsp3) is 0.714. The van der Waals surface area contributed by atoms with Gasteiger partial charge < -0.3 is 15.2 Å². The summed E-state index contributed by atoms with van der Waals surface area (Å²) in [5, 5.41) is 3.93. The predicted octanol–water partition coefficient (Wildman–Crippen LogP) is 1.72. The van der Waals surface area contributed by atoms with Crippen LogP contribution in [0.2, 0.25) is 0 Å². The lowest BCUT2D eigenvalue weighted by Gasteiger charge is -2.21. The van der Waals surface area contributed by atoms with Gasteiger partial charge in [-0.15, -0.1) is 11.8 Å². The summed E-state index contributed by atoms with van der Waals surface area (Å²) in [5.41, 5.74) is 7.72. The second-order valence-corrected chi connectivity index (χ2v) is 6.51. The Balaban J connectivity index is 1.81. The maximum atomic E-state index is 12.2. The molecule has 0 radical (unpaired) electrons. The summed E-state index contributed by atoms with van der Waals surface area (Å²) < 4.78 is 5.13. The third kappa shape index (κ3) is 3.35. The Morgan fingerprint density at radius 2 is 2.30 bits per heavy atom. The first kappa shape index (κ1) is 15.4. The number of thioether (sulfide) groups is 1. The molecule has 0 aliphatic carbocycles. The van der Waals surface area contributed by atoms with Gasteiger partial charge in [0.1, 0.15) is 5.76 Å². The molecule has 112 valence electrons. The van der Waals surface area contributed by atoms with Crippen molar-refractivity contribution >= 4 is 17.7 Å². The first-order valence-electron chi connectivity index (χ1n) is 7.02. The fourth-order valence-corrected chi connectivity index (χ4v) is 3.75. The second-order valence-electron chi connectivity index (χ2n) is 5.53. The van der Waals surface area contributed by atoms with E-state index < -0.39 is 0 Å². The lowest BCUT2D eigenvalue weighted by atomic mass is 10.1.